The van der Waals surface area contributed by atoms with Crippen molar-refractivity contribution < 1.29 is 9.47 Å². The Bertz CT molecular complexity index is 1840. The number of hydrogen-bond acceptors (Lipinski definition) is 3. The van der Waals surface area contributed by atoms with E-state index in [1.165, 1.54) is 33.9 Å². The minimum atomic E-state index is -0.0708. The summed E-state index contributed by atoms with van der Waals surface area (Å²) in [5, 5.41) is 0. The molecular weight excluding hydrogens is 530 g/mol. The molecule has 5 nitrogen and oxygen atoms in total. The van der Waals surface area contributed by atoms with Crippen molar-refractivity contribution in [1.29, 1.82) is 0 Å². The van der Waals surface area contributed by atoms with Crippen molar-refractivity contribution in [2.45, 2.75) is 52.4 Å². The molecule has 1 fully saturated rings. The Kier molecular flexibility index (Phi) is 6.07. The highest BCUT2D eigenvalue weighted by molar-refractivity contribution is 5.96. The van der Waals surface area contributed by atoms with Gasteiger partial charge in [-0.25, -0.2) is 4.98 Å². The second-order valence-corrected chi connectivity index (χ2v) is 13.6. The molecule has 0 spiro atoms. The third-order valence-corrected chi connectivity index (χ3v) is 8.55. The molecule has 0 saturated carbocycles. The second-order valence-electron chi connectivity index (χ2n) is 13.6. The van der Waals surface area contributed by atoms with Crippen LogP contribution in [0.1, 0.15) is 52.7 Å². The molecule has 5 heteroatoms. The molecule has 4 aromatic carbocycles. The predicted octanol–water partition coefficient (Wildman–Crippen LogP) is 10.6. The van der Waals surface area contributed by atoms with Crippen LogP contribution in [0.2, 0.25) is 0 Å². The van der Waals surface area contributed by atoms with Crippen molar-refractivity contribution in [2.24, 2.45) is 0 Å². The maximum Gasteiger partial charge on any atom is 0.225 e. The fourth-order valence-electron chi connectivity index (χ4n) is 6.18. The molecule has 1 unspecified atom stereocenters. The lowest BCUT2D eigenvalue weighted by molar-refractivity contribution is 0.420. The number of ether oxygens (including phenoxy) is 2. The van der Waals surface area contributed by atoms with Crippen molar-refractivity contribution in [3.05, 3.63) is 133 Å². The number of nitrogens with zero attached hydrogens (tertiary/aromatic N) is 3. The average molecular weight is 569 g/mol. The van der Waals surface area contributed by atoms with Gasteiger partial charge in [0.05, 0.1) is 0 Å². The standard InChI is InChI=1S/C38H38N3O2/c1-37(2,3)27-13-11-14-29(21-27)40-26-41(40,35-18-8-7-17-34(35)40)30-22-28(38(4,5)6)23-33(24-30)42-31-15-12-16-32(25-31)43-36-19-9-10-20-39-36/h7-26H,1-6H3/q+1/t40-,41?/m0/s1. The number of quaternary nitrogens is 2. The molecule has 1 aromatic heterocycles. The number of para-hydroxylation sites is 2. The molecule has 5 aromatic rings. The van der Waals surface area contributed by atoms with Crippen LogP contribution in [0.4, 0.5) is 22.7 Å². The predicted molar refractivity (Wildman–Crippen MR) is 175 cm³/mol. The van der Waals surface area contributed by atoms with Gasteiger partial charge in [-0.15, -0.1) is 0 Å². The molecule has 1 saturated heterocycles. The first-order valence-corrected chi connectivity index (χ1v) is 14.9. The number of benzene rings is 4. The monoisotopic (exact) mass is 568 g/mol. The summed E-state index contributed by atoms with van der Waals surface area (Å²) in [6, 6.07) is 37.9. The van der Waals surface area contributed by atoms with Crippen molar-refractivity contribution in [2.75, 3.05) is 0 Å². The van der Waals surface area contributed by atoms with E-state index in [-0.39, 0.29) is 10.8 Å². The fraction of sp³-hybridized carbons (Fsp3) is 0.211. The van der Waals surface area contributed by atoms with Gasteiger partial charge in [-0.1, -0.05) is 77.9 Å². The average Bonchev–Trinajstić information content (AvgIpc) is 3.60. The van der Waals surface area contributed by atoms with E-state index in [1.807, 2.05) is 42.5 Å². The molecule has 0 aliphatic carbocycles. The largest absolute Gasteiger partial charge is 0.457 e. The van der Waals surface area contributed by atoms with Gasteiger partial charge in [0.25, 0.3) is 0 Å². The van der Waals surface area contributed by atoms with Gasteiger partial charge in [0.15, 0.2) is 18.0 Å². The van der Waals surface area contributed by atoms with Gasteiger partial charge in [0, 0.05) is 54.7 Å². The molecule has 7 rings (SSSR count). The Morgan fingerprint density at radius 2 is 1.16 bits per heavy atom. The van der Waals surface area contributed by atoms with Gasteiger partial charge in [-0.05, 0) is 46.2 Å². The topological polar surface area (TPSA) is 31.4 Å². The molecular formula is C38H38N3O2+. The van der Waals surface area contributed by atoms with E-state index in [0.717, 1.165) is 5.75 Å². The van der Waals surface area contributed by atoms with E-state index in [4.69, 9.17) is 9.47 Å². The van der Waals surface area contributed by atoms with Crippen molar-refractivity contribution in [3.8, 4) is 23.1 Å². The van der Waals surface area contributed by atoms with Crippen LogP contribution in [0.25, 0.3) is 0 Å². The molecule has 43 heavy (non-hydrogen) atoms. The lowest BCUT2D eigenvalue weighted by atomic mass is 9.86. The van der Waals surface area contributed by atoms with E-state index >= 15 is 0 Å². The first-order chi connectivity index (χ1) is 20.5. The van der Waals surface area contributed by atoms with E-state index in [9.17, 15) is 0 Å². The van der Waals surface area contributed by atoms with Crippen LogP contribution in [0.15, 0.2) is 115 Å². The van der Waals surface area contributed by atoms with Crippen molar-refractivity contribution in [1.82, 2.24) is 14.2 Å². The number of hydrogen-bond donors (Lipinski definition) is 0. The lowest BCUT2D eigenvalue weighted by Gasteiger charge is -2.40. The third kappa shape index (κ3) is 4.43. The van der Waals surface area contributed by atoms with E-state index in [2.05, 4.69) is 120 Å². The van der Waals surface area contributed by atoms with Crippen molar-refractivity contribution >= 4 is 22.7 Å². The van der Waals surface area contributed by atoms with Gasteiger partial charge in [-0.3, -0.25) is 0 Å². The molecule has 0 N–H and O–H groups in total. The number of pyridine rings is 1. The number of fused-ring (bicyclic) bond motifs is 4. The maximum absolute atomic E-state index is 6.57. The minimum absolute atomic E-state index is 0.0619. The SMILES string of the molecule is CC(C)(C)c1cc(Oc2cccc(Oc3ccccn3)c2)cc([N+]23[CH-][N@+]2(c2cccc(C(C)(C)C)c2)c2ccccc23)c1. The summed E-state index contributed by atoms with van der Waals surface area (Å²) in [7, 11) is 0. The molecule has 0 amide bonds. The first-order valence-electron chi connectivity index (χ1n) is 14.9. The van der Waals surface area contributed by atoms with Gasteiger partial charge >= 0.3 is 0 Å². The summed E-state index contributed by atoms with van der Waals surface area (Å²) >= 11 is 0. The maximum atomic E-state index is 6.57. The van der Waals surface area contributed by atoms with E-state index in [1.54, 1.807) is 6.20 Å². The zero-order chi connectivity index (χ0) is 30.0. The zero-order valence-electron chi connectivity index (χ0n) is 25.7. The van der Waals surface area contributed by atoms with Crippen LogP contribution in [0, 0.1) is 6.67 Å². The Morgan fingerprint density at radius 1 is 0.535 bits per heavy atom. The molecule has 2 aliphatic rings. The minimum Gasteiger partial charge on any atom is -0.457 e. The Hall–Kier alpha value is -4.45. The molecule has 0 bridgehead atoms. The highest BCUT2D eigenvalue weighted by Crippen LogP contribution is 2.75. The fourth-order valence-corrected chi connectivity index (χ4v) is 6.18. The molecule has 2 atom stereocenters. The summed E-state index contributed by atoms with van der Waals surface area (Å²) in [5.74, 6) is 2.74. The van der Waals surface area contributed by atoms with Gasteiger partial charge in [-0.2, -0.15) is 9.18 Å². The zero-order valence-corrected chi connectivity index (χ0v) is 25.7. The molecule has 2 aliphatic heterocycles. The first kappa shape index (κ1) is 27.4. The summed E-state index contributed by atoms with van der Waals surface area (Å²) in [6.45, 7) is 16.0. The Balaban J connectivity index is 1.30. The quantitative estimate of drug-likeness (QED) is 0.116. The van der Waals surface area contributed by atoms with Crippen LogP contribution in [-0.4, -0.2) is 4.98 Å². The van der Waals surface area contributed by atoms with Crippen LogP contribution in [0.5, 0.6) is 23.1 Å². The number of aromatic nitrogens is 1. The lowest BCUT2D eigenvalue weighted by Crippen LogP contribution is -2.46. The summed E-state index contributed by atoms with van der Waals surface area (Å²) in [6.07, 6.45) is 1.72. The van der Waals surface area contributed by atoms with Crippen LogP contribution < -0.4 is 18.7 Å². The molecule has 3 heterocycles. The summed E-state index contributed by atoms with van der Waals surface area (Å²) in [4.78, 5) is 4.28. The number of rotatable bonds is 6. The van der Waals surface area contributed by atoms with Crippen molar-refractivity contribution in [3.63, 3.8) is 0 Å². The van der Waals surface area contributed by atoms with Gasteiger partial charge in [0.1, 0.15) is 17.2 Å². The molecule has 216 valence electrons. The normalized spacial score (nSPS) is 20.4. The Labute approximate surface area is 254 Å². The summed E-state index contributed by atoms with van der Waals surface area (Å²) in [5.41, 5.74) is 7.62. The Morgan fingerprint density at radius 3 is 1.84 bits per heavy atom. The van der Waals surface area contributed by atoms with E-state index < -0.39 is 0 Å². The van der Waals surface area contributed by atoms with Crippen LogP contribution in [-0.2, 0) is 10.8 Å². The molecule has 0 radical (unpaired) electrons. The van der Waals surface area contributed by atoms with Gasteiger partial charge in [0.2, 0.25) is 17.3 Å². The van der Waals surface area contributed by atoms with Crippen LogP contribution in [0.3, 0.4) is 0 Å². The van der Waals surface area contributed by atoms with Crippen LogP contribution >= 0.6 is 0 Å². The van der Waals surface area contributed by atoms with Gasteiger partial charge < -0.3 is 9.47 Å². The highest BCUT2D eigenvalue weighted by atomic mass is 16.5. The summed E-state index contributed by atoms with van der Waals surface area (Å²) < 4.78 is 13.9. The highest BCUT2D eigenvalue weighted by Gasteiger charge is 2.78. The second kappa shape index (κ2) is 9.53. The van der Waals surface area contributed by atoms with E-state index in [0.29, 0.717) is 26.6 Å². The smallest absolute Gasteiger partial charge is 0.225 e. The third-order valence-electron chi connectivity index (χ3n) is 8.55.